The minimum absolute atomic E-state index is 0.0920. The van der Waals surface area contributed by atoms with Gasteiger partial charge in [0.1, 0.15) is 6.04 Å². The van der Waals surface area contributed by atoms with E-state index < -0.39 is 23.5 Å². The average molecular weight is 312 g/mol. The Kier molecular flexibility index (Phi) is 5.26. The summed E-state index contributed by atoms with van der Waals surface area (Å²) in [6.45, 7) is 5.08. The van der Waals surface area contributed by atoms with E-state index in [1.165, 1.54) is 4.90 Å². The smallest absolute Gasteiger partial charge is 0.410 e. The lowest BCUT2D eigenvalue weighted by Gasteiger charge is -2.22. The van der Waals surface area contributed by atoms with Crippen LogP contribution in [0.15, 0.2) is 0 Å². The van der Waals surface area contributed by atoms with Gasteiger partial charge in [0.05, 0.1) is 18.6 Å². The summed E-state index contributed by atoms with van der Waals surface area (Å²) >= 11 is 0. The molecule has 0 aliphatic carbocycles. The fourth-order valence-electron chi connectivity index (χ4n) is 3.07. The van der Waals surface area contributed by atoms with Crippen molar-refractivity contribution in [2.24, 2.45) is 5.41 Å². The van der Waals surface area contributed by atoms with Crippen molar-refractivity contribution in [3.8, 4) is 0 Å². The molecule has 0 aromatic rings. The number of carbonyl (C=O) groups excluding carboxylic acids is 3. The molecule has 2 saturated heterocycles. The number of rotatable bonds is 5. The Labute approximate surface area is 130 Å². The molecule has 0 aromatic heterocycles. The van der Waals surface area contributed by atoms with Crippen LogP contribution < -0.4 is 5.32 Å². The van der Waals surface area contributed by atoms with Crippen LogP contribution in [0.4, 0.5) is 4.79 Å². The highest BCUT2D eigenvalue weighted by molar-refractivity contribution is 5.90. The number of carbonyl (C=O) groups is 3. The summed E-state index contributed by atoms with van der Waals surface area (Å²) in [5.74, 6) is -0.558. The summed E-state index contributed by atoms with van der Waals surface area (Å²) in [5.41, 5.74) is -0.679. The van der Waals surface area contributed by atoms with Crippen LogP contribution in [0, 0.1) is 5.41 Å². The van der Waals surface area contributed by atoms with Gasteiger partial charge in [-0.25, -0.2) is 9.59 Å². The first kappa shape index (κ1) is 16.6. The zero-order valence-electron chi connectivity index (χ0n) is 13.2. The fourth-order valence-corrected chi connectivity index (χ4v) is 3.07. The minimum Gasteiger partial charge on any atom is -0.464 e. The SMILES string of the molecule is CCCCOC(=O)N1C[C@]2(CCNC2=O)C[C@H]1C(=O)OCC. The van der Waals surface area contributed by atoms with E-state index in [2.05, 4.69) is 5.32 Å². The van der Waals surface area contributed by atoms with Crippen molar-refractivity contribution in [3.63, 3.8) is 0 Å². The molecule has 124 valence electrons. The molecule has 2 aliphatic rings. The molecule has 7 nitrogen and oxygen atoms in total. The van der Waals surface area contributed by atoms with Crippen LogP contribution in [0.1, 0.15) is 39.5 Å². The van der Waals surface area contributed by atoms with Gasteiger partial charge in [-0.05, 0) is 26.2 Å². The highest BCUT2D eigenvalue weighted by Gasteiger charge is 2.55. The Hall–Kier alpha value is -1.79. The van der Waals surface area contributed by atoms with Gasteiger partial charge in [0.2, 0.25) is 5.91 Å². The van der Waals surface area contributed by atoms with E-state index in [9.17, 15) is 14.4 Å². The van der Waals surface area contributed by atoms with Gasteiger partial charge in [-0.2, -0.15) is 0 Å². The van der Waals surface area contributed by atoms with Gasteiger partial charge in [0, 0.05) is 13.1 Å². The second-order valence-corrected chi connectivity index (χ2v) is 5.85. The quantitative estimate of drug-likeness (QED) is 0.606. The summed E-state index contributed by atoms with van der Waals surface area (Å²) in [4.78, 5) is 37.9. The lowest BCUT2D eigenvalue weighted by Crippen LogP contribution is -2.42. The van der Waals surface area contributed by atoms with Crippen molar-refractivity contribution < 1.29 is 23.9 Å². The fraction of sp³-hybridized carbons (Fsp3) is 0.800. The van der Waals surface area contributed by atoms with Crippen molar-refractivity contribution in [1.82, 2.24) is 10.2 Å². The number of hydrogen-bond donors (Lipinski definition) is 1. The van der Waals surface area contributed by atoms with E-state index in [1.54, 1.807) is 6.92 Å². The van der Waals surface area contributed by atoms with Crippen LogP contribution in [-0.4, -0.2) is 55.2 Å². The van der Waals surface area contributed by atoms with Crippen molar-refractivity contribution in [2.45, 2.75) is 45.6 Å². The normalized spacial score (nSPS) is 27.1. The van der Waals surface area contributed by atoms with Crippen molar-refractivity contribution in [1.29, 1.82) is 0 Å². The Morgan fingerprint density at radius 1 is 1.36 bits per heavy atom. The maximum atomic E-state index is 12.3. The lowest BCUT2D eigenvalue weighted by molar-refractivity contribution is -0.148. The molecule has 0 unspecified atom stereocenters. The third-order valence-corrected chi connectivity index (χ3v) is 4.32. The van der Waals surface area contributed by atoms with Crippen molar-refractivity contribution >= 4 is 18.0 Å². The molecule has 7 heteroatoms. The van der Waals surface area contributed by atoms with Crippen LogP contribution in [-0.2, 0) is 19.1 Å². The summed E-state index contributed by atoms with van der Waals surface area (Å²) in [6, 6.07) is -0.738. The van der Waals surface area contributed by atoms with Gasteiger partial charge in [0.25, 0.3) is 0 Å². The number of hydrogen-bond acceptors (Lipinski definition) is 5. The molecular weight excluding hydrogens is 288 g/mol. The molecule has 1 spiro atoms. The molecule has 1 N–H and O–H groups in total. The standard InChI is InChI=1S/C15H24N2O5/c1-3-5-8-22-14(20)17-10-15(6-7-16-13(15)19)9-11(17)12(18)21-4-2/h11H,3-10H2,1-2H3,(H,16,19)/t11-,15-/m0/s1. The zero-order chi connectivity index (χ0) is 16.2. The van der Waals surface area contributed by atoms with Gasteiger partial charge in [-0.1, -0.05) is 13.3 Å². The first-order valence-corrected chi connectivity index (χ1v) is 7.92. The van der Waals surface area contributed by atoms with E-state index in [0.29, 0.717) is 26.0 Å². The van der Waals surface area contributed by atoms with Crippen molar-refractivity contribution in [2.75, 3.05) is 26.3 Å². The number of amides is 2. The van der Waals surface area contributed by atoms with Crippen LogP contribution in [0.25, 0.3) is 0 Å². The van der Waals surface area contributed by atoms with E-state index in [0.717, 1.165) is 12.8 Å². The highest BCUT2D eigenvalue weighted by Crippen LogP contribution is 2.41. The average Bonchev–Trinajstić information content (AvgIpc) is 3.05. The van der Waals surface area contributed by atoms with Gasteiger partial charge < -0.3 is 14.8 Å². The molecule has 2 heterocycles. The summed E-state index contributed by atoms with van der Waals surface area (Å²) in [6.07, 6.45) is 2.08. The Morgan fingerprint density at radius 2 is 2.14 bits per heavy atom. The molecule has 2 rings (SSSR count). The third-order valence-electron chi connectivity index (χ3n) is 4.32. The number of esters is 1. The van der Waals surface area contributed by atoms with E-state index in [4.69, 9.17) is 9.47 Å². The minimum atomic E-state index is -0.738. The molecule has 2 aliphatic heterocycles. The Morgan fingerprint density at radius 3 is 2.73 bits per heavy atom. The highest BCUT2D eigenvalue weighted by atomic mass is 16.6. The topological polar surface area (TPSA) is 84.9 Å². The Balaban J connectivity index is 2.11. The Bertz CT molecular complexity index is 453. The first-order chi connectivity index (χ1) is 10.5. The number of unbranched alkanes of at least 4 members (excludes halogenated alkanes) is 1. The molecule has 0 aromatic carbocycles. The third kappa shape index (κ3) is 3.18. The second-order valence-electron chi connectivity index (χ2n) is 5.85. The molecule has 2 amide bonds. The van der Waals surface area contributed by atoms with Crippen LogP contribution in [0.3, 0.4) is 0 Å². The summed E-state index contributed by atoms with van der Waals surface area (Å²) in [7, 11) is 0. The monoisotopic (exact) mass is 312 g/mol. The molecule has 2 atom stereocenters. The summed E-state index contributed by atoms with van der Waals surface area (Å²) in [5, 5.41) is 2.79. The van der Waals surface area contributed by atoms with Crippen LogP contribution in [0.2, 0.25) is 0 Å². The number of ether oxygens (including phenoxy) is 2. The van der Waals surface area contributed by atoms with Gasteiger partial charge in [-0.3, -0.25) is 9.69 Å². The van der Waals surface area contributed by atoms with Crippen LogP contribution >= 0.6 is 0 Å². The second kappa shape index (κ2) is 6.98. The predicted molar refractivity (Wildman–Crippen MR) is 78.1 cm³/mol. The van der Waals surface area contributed by atoms with Gasteiger partial charge in [0.15, 0.2) is 0 Å². The van der Waals surface area contributed by atoms with E-state index >= 15 is 0 Å². The van der Waals surface area contributed by atoms with Gasteiger partial charge >= 0.3 is 12.1 Å². The molecule has 2 fully saturated rings. The first-order valence-electron chi connectivity index (χ1n) is 7.92. The number of nitrogens with zero attached hydrogens (tertiary/aromatic N) is 1. The molecular formula is C15H24N2O5. The lowest BCUT2D eigenvalue weighted by atomic mass is 9.84. The molecule has 0 bridgehead atoms. The predicted octanol–water partition coefficient (Wildman–Crippen LogP) is 1.07. The van der Waals surface area contributed by atoms with Gasteiger partial charge in [-0.15, -0.1) is 0 Å². The summed E-state index contributed by atoms with van der Waals surface area (Å²) < 4.78 is 10.3. The number of nitrogens with one attached hydrogen (secondary N) is 1. The van der Waals surface area contributed by atoms with Crippen LogP contribution in [0.5, 0.6) is 0 Å². The maximum absolute atomic E-state index is 12.3. The zero-order valence-corrected chi connectivity index (χ0v) is 13.2. The largest absolute Gasteiger partial charge is 0.464 e. The molecule has 0 saturated carbocycles. The molecule has 0 radical (unpaired) electrons. The van der Waals surface area contributed by atoms with Crippen molar-refractivity contribution in [3.05, 3.63) is 0 Å². The number of likely N-dealkylation sites (tertiary alicyclic amines) is 1. The molecule has 22 heavy (non-hydrogen) atoms. The van der Waals surface area contributed by atoms with E-state index in [-0.39, 0.29) is 19.1 Å². The maximum Gasteiger partial charge on any atom is 0.410 e. The van der Waals surface area contributed by atoms with E-state index in [1.807, 2.05) is 6.92 Å².